The van der Waals surface area contributed by atoms with Crippen molar-refractivity contribution in [2.45, 2.75) is 20.4 Å². The minimum atomic E-state index is -0.141. The van der Waals surface area contributed by atoms with Gasteiger partial charge in [-0.15, -0.1) is 0 Å². The number of nitrogens with zero attached hydrogens (tertiary/aromatic N) is 2. The fourth-order valence-corrected chi connectivity index (χ4v) is 4.13. The second kappa shape index (κ2) is 7.18. The van der Waals surface area contributed by atoms with Gasteiger partial charge in [0.05, 0.1) is 23.0 Å². The zero-order valence-corrected chi connectivity index (χ0v) is 16.5. The van der Waals surface area contributed by atoms with Crippen LogP contribution in [0.3, 0.4) is 0 Å². The van der Waals surface area contributed by atoms with E-state index in [4.69, 9.17) is 21.0 Å². The zero-order chi connectivity index (χ0) is 19.0. The van der Waals surface area contributed by atoms with E-state index in [0.717, 1.165) is 21.3 Å². The van der Waals surface area contributed by atoms with Crippen molar-refractivity contribution in [1.82, 2.24) is 4.98 Å². The third-order valence-corrected chi connectivity index (χ3v) is 5.86. The van der Waals surface area contributed by atoms with Crippen molar-refractivity contribution in [3.63, 3.8) is 0 Å². The predicted octanol–water partition coefficient (Wildman–Crippen LogP) is 6.01. The number of carbonyl (C=O) groups excluding carboxylic acids is 1. The summed E-state index contributed by atoms with van der Waals surface area (Å²) >= 11 is 7.49. The van der Waals surface area contributed by atoms with E-state index in [1.165, 1.54) is 11.3 Å². The number of halogens is 1. The fraction of sp³-hybridized carbons (Fsp3) is 0.143. The molecule has 4 nitrogen and oxygen atoms in total. The van der Waals surface area contributed by atoms with Gasteiger partial charge in [-0.3, -0.25) is 9.69 Å². The van der Waals surface area contributed by atoms with Crippen LogP contribution in [0.25, 0.3) is 10.2 Å². The summed E-state index contributed by atoms with van der Waals surface area (Å²) in [7, 11) is 0. The van der Waals surface area contributed by atoms with E-state index in [1.54, 1.807) is 35.4 Å². The van der Waals surface area contributed by atoms with Gasteiger partial charge >= 0.3 is 0 Å². The Bertz CT molecular complexity index is 1060. The number of anilines is 1. The number of amides is 1. The maximum atomic E-state index is 13.2. The fourth-order valence-electron chi connectivity index (χ4n) is 2.90. The molecule has 2 aromatic heterocycles. The Morgan fingerprint density at radius 3 is 2.52 bits per heavy atom. The van der Waals surface area contributed by atoms with E-state index < -0.39 is 0 Å². The topological polar surface area (TPSA) is 46.3 Å². The molecule has 1 amide bonds. The molecular weight excluding hydrogens is 380 g/mol. The number of aryl methyl sites for hydroxylation is 2. The number of fused-ring (bicyclic) bond motifs is 1. The first kappa shape index (κ1) is 17.8. The van der Waals surface area contributed by atoms with Crippen LogP contribution >= 0.6 is 22.9 Å². The molecule has 0 saturated heterocycles. The Labute approximate surface area is 166 Å². The molecular formula is C21H17ClN2O2S. The molecule has 0 radical (unpaired) electrons. The van der Waals surface area contributed by atoms with Gasteiger partial charge in [-0.05, 0) is 61.4 Å². The van der Waals surface area contributed by atoms with E-state index in [9.17, 15) is 4.79 Å². The molecule has 0 spiro atoms. The summed E-state index contributed by atoms with van der Waals surface area (Å²) in [6.45, 7) is 4.40. The number of hydrogen-bond donors (Lipinski definition) is 0. The Hall–Kier alpha value is -2.63. The molecule has 6 heteroatoms. The smallest absolute Gasteiger partial charge is 0.260 e. The van der Waals surface area contributed by atoms with Gasteiger partial charge < -0.3 is 4.42 Å². The van der Waals surface area contributed by atoms with E-state index in [0.29, 0.717) is 28.0 Å². The number of carbonyl (C=O) groups is 1. The van der Waals surface area contributed by atoms with Gasteiger partial charge in [0, 0.05) is 10.6 Å². The average Bonchev–Trinajstić information content (AvgIpc) is 3.33. The lowest BCUT2D eigenvalue weighted by Crippen LogP contribution is -2.30. The largest absolute Gasteiger partial charge is 0.467 e. The molecule has 4 rings (SSSR count). The number of furan rings is 1. The molecule has 0 aliphatic carbocycles. The van der Waals surface area contributed by atoms with Gasteiger partial charge in [0.15, 0.2) is 5.13 Å². The summed E-state index contributed by atoms with van der Waals surface area (Å²) in [6.07, 6.45) is 1.60. The van der Waals surface area contributed by atoms with Crippen molar-refractivity contribution in [2.24, 2.45) is 0 Å². The highest BCUT2D eigenvalue weighted by atomic mass is 35.5. The second-order valence-electron chi connectivity index (χ2n) is 6.35. The lowest BCUT2D eigenvalue weighted by Gasteiger charge is -2.18. The number of rotatable bonds is 4. The van der Waals surface area contributed by atoms with Crippen LogP contribution in [-0.2, 0) is 6.54 Å². The molecule has 0 atom stereocenters. The molecule has 0 aliphatic heterocycles. The van der Waals surface area contributed by atoms with Crippen molar-refractivity contribution in [1.29, 1.82) is 0 Å². The predicted molar refractivity (Wildman–Crippen MR) is 110 cm³/mol. The van der Waals surface area contributed by atoms with Crippen molar-refractivity contribution in [3.8, 4) is 0 Å². The van der Waals surface area contributed by atoms with Crippen LogP contribution in [0.5, 0.6) is 0 Å². The molecule has 0 aliphatic rings. The Morgan fingerprint density at radius 2 is 1.85 bits per heavy atom. The zero-order valence-electron chi connectivity index (χ0n) is 14.9. The number of aromatic nitrogens is 1. The first-order chi connectivity index (χ1) is 13.0. The summed E-state index contributed by atoms with van der Waals surface area (Å²) < 4.78 is 6.57. The highest BCUT2D eigenvalue weighted by Crippen LogP contribution is 2.34. The van der Waals surface area contributed by atoms with Crippen LogP contribution in [0, 0.1) is 13.8 Å². The summed E-state index contributed by atoms with van der Waals surface area (Å²) in [5, 5.41) is 1.24. The first-order valence-corrected chi connectivity index (χ1v) is 9.69. The Morgan fingerprint density at radius 1 is 1.11 bits per heavy atom. The van der Waals surface area contributed by atoms with Gasteiger partial charge in [0.2, 0.25) is 0 Å². The highest BCUT2D eigenvalue weighted by Gasteiger charge is 2.23. The third-order valence-electron chi connectivity index (χ3n) is 4.39. The molecule has 0 N–H and O–H groups in total. The number of hydrogen-bond acceptors (Lipinski definition) is 4. The summed E-state index contributed by atoms with van der Waals surface area (Å²) in [5.74, 6) is 0.558. The molecule has 4 aromatic rings. The van der Waals surface area contributed by atoms with Crippen molar-refractivity contribution in [2.75, 3.05) is 4.90 Å². The van der Waals surface area contributed by atoms with Crippen molar-refractivity contribution >= 4 is 44.2 Å². The maximum Gasteiger partial charge on any atom is 0.260 e. The van der Waals surface area contributed by atoms with Crippen molar-refractivity contribution < 1.29 is 9.21 Å². The van der Waals surface area contributed by atoms with Crippen LogP contribution in [0.15, 0.2) is 59.2 Å². The minimum absolute atomic E-state index is 0.141. The third kappa shape index (κ3) is 3.48. The van der Waals surface area contributed by atoms with Gasteiger partial charge in [-0.2, -0.15) is 0 Å². The Balaban J connectivity index is 1.80. The van der Waals surface area contributed by atoms with E-state index in [1.807, 2.05) is 19.1 Å². The Kier molecular flexibility index (Phi) is 4.72. The summed E-state index contributed by atoms with van der Waals surface area (Å²) in [5.41, 5.74) is 3.73. The SMILES string of the molecule is Cc1ccc(C)c2sc(N(Cc3ccco3)C(=O)c3ccc(Cl)cc3)nc12. The molecule has 136 valence electrons. The van der Waals surface area contributed by atoms with Crippen LogP contribution in [0.4, 0.5) is 5.13 Å². The van der Waals surface area contributed by atoms with E-state index in [-0.39, 0.29) is 5.91 Å². The van der Waals surface area contributed by atoms with Crippen LogP contribution in [-0.4, -0.2) is 10.9 Å². The maximum absolute atomic E-state index is 13.2. The minimum Gasteiger partial charge on any atom is -0.467 e. The lowest BCUT2D eigenvalue weighted by atomic mass is 10.1. The van der Waals surface area contributed by atoms with Crippen molar-refractivity contribution in [3.05, 3.63) is 82.3 Å². The van der Waals surface area contributed by atoms with Crippen LogP contribution in [0.2, 0.25) is 5.02 Å². The van der Waals surface area contributed by atoms with Crippen LogP contribution < -0.4 is 4.90 Å². The molecule has 2 heterocycles. The average molecular weight is 397 g/mol. The molecule has 0 saturated carbocycles. The molecule has 0 unspecified atom stereocenters. The number of thiazole rings is 1. The van der Waals surface area contributed by atoms with Gasteiger partial charge in [0.1, 0.15) is 5.76 Å². The summed E-state index contributed by atoms with van der Waals surface area (Å²) in [6, 6.07) is 14.7. The first-order valence-electron chi connectivity index (χ1n) is 8.49. The standard InChI is InChI=1S/C21H17ClN2O2S/c1-13-5-6-14(2)19-18(13)23-21(27-19)24(12-17-4-3-11-26-17)20(25)15-7-9-16(22)10-8-15/h3-11H,12H2,1-2H3. The molecule has 2 aromatic carbocycles. The van der Waals surface area contributed by atoms with Crippen LogP contribution in [0.1, 0.15) is 27.2 Å². The van der Waals surface area contributed by atoms with Gasteiger partial charge in [-0.25, -0.2) is 4.98 Å². The molecule has 0 bridgehead atoms. The second-order valence-corrected chi connectivity index (χ2v) is 7.77. The monoisotopic (exact) mass is 396 g/mol. The van der Waals surface area contributed by atoms with E-state index in [2.05, 4.69) is 19.1 Å². The molecule has 27 heavy (non-hydrogen) atoms. The molecule has 0 fully saturated rings. The summed E-state index contributed by atoms with van der Waals surface area (Å²) in [4.78, 5) is 19.7. The van der Waals surface area contributed by atoms with Gasteiger partial charge in [-0.1, -0.05) is 35.1 Å². The van der Waals surface area contributed by atoms with Gasteiger partial charge in [0.25, 0.3) is 5.91 Å². The lowest BCUT2D eigenvalue weighted by molar-refractivity contribution is 0.0983. The normalized spacial score (nSPS) is 11.1. The number of benzene rings is 2. The highest BCUT2D eigenvalue weighted by molar-refractivity contribution is 7.22. The quantitative estimate of drug-likeness (QED) is 0.424. The van der Waals surface area contributed by atoms with E-state index >= 15 is 0 Å².